The standard InChI is InChI=1S/C16H24N2O/c1-18(15-9-5-4-8-14(15)12-17)16(19)11-10-13-6-2-3-7-13/h4-5,8-9,13H,2-3,6-7,10-12,17H2,1H3. The first-order valence-corrected chi connectivity index (χ1v) is 7.27. The minimum Gasteiger partial charge on any atom is -0.326 e. The van der Waals surface area contributed by atoms with Crippen molar-refractivity contribution >= 4 is 11.6 Å². The van der Waals surface area contributed by atoms with E-state index in [-0.39, 0.29) is 5.91 Å². The average molecular weight is 260 g/mol. The molecule has 1 aromatic carbocycles. The van der Waals surface area contributed by atoms with Gasteiger partial charge in [-0.05, 0) is 24.0 Å². The average Bonchev–Trinajstić information content (AvgIpc) is 2.97. The van der Waals surface area contributed by atoms with Crippen LogP contribution in [0.25, 0.3) is 0 Å². The molecule has 2 rings (SSSR count). The van der Waals surface area contributed by atoms with Gasteiger partial charge in [0.2, 0.25) is 5.91 Å². The van der Waals surface area contributed by atoms with Crippen LogP contribution in [0.2, 0.25) is 0 Å². The molecule has 2 N–H and O–H groups in total. The number of para-hydroxylation sites is 1. The SMILES string of the molecule is CN(C(=O)CCC1CCCC1)c1ccccc1CN. The van der Waals surface area contributed by atoms with Crippen LogP contribution in [-0.4, -0.2) is 13.0 Å². The Kier molecular flexibility index (Phi) is 4.97. The lowest BCUT2D eigenvalue weighted by Gasteiger charge is -2.21. The second kappa shape index (κ2) is 6.71. The van der Waals surface area contributed by atoms with E-state index in [1.165, 1.54) is 25.7 Å². The molecule has 0 bridgehead atoms. The summed E-state index contributed by atoms with van der Waals surface area (Å²) in [6.07, 6.45) is 6.97. The third-order valence-corrected chi connectivity index (χ3v) is 4.19. The van der Waals surface area contributed by atoms with Crippen LogP contribution < -0.4 is 10.6 Å². The minimum atomic E-state index is 0.202. The third kappa shape index (κ3) is 3.57. The van der Waals surface area contributed by atoms with Gasteiger partial charge < -0.3 is 10.6 Å². The van der Waals surface area contributed by atoms with E-state index in [4.69, 9.17) is 5.73 Å². The van der Waals surface area contributed by atoms with Gasteiger partial charge in [0.25, 0.3) is 0 Å². The molecule has 0 radical (unpaired) electrons. The fraction of sp³-hybridized carbons (Fsp3) is 0.562. The zero-order chi connectivity index (χ0) is 13.7. The van der Waals surface area contributed by atoms with Crippen molar-refractivity contribution in [1.29, 1.82) is 0 Å². The Labute approximate surface area is 115 Å². The molecule has 0 aliphatic heterocycles. The molecule has 3 nitrogen and oxygen atoms in total. The molecule has 3 heteroatoms. The Hall–Kier alpha value is -1.35. The van der Waals surface area contributed by atoms with Gasteiger partial charge in [-0.3, -0.25) is 4.79 Å². The highest BCUT2D eigenvalue weighted by Crippen LogP contribution is 2.29. The van der Waals surface area contributed by atoms with Crippen molar-refractivity contribution in [3.05, 3.63) is 29.8 Å². The summed E-state index contributed by atoms with van der Waals surface area (Å²) < 4.78 is 0. The van der Waals surface area contributed by atoms with E-state index in [2.05, 4.69) is 0 Å². The van der Waals surface area contributed by atoms with Crippen molar-refractivity contribution in [1.82, 2.24) is 0 Å². The first-order valence-electron chi connectivity index (χ1n) is 7.27. The Bertz CT molecular complexity index is 425. The second-order valence-corrected chi connectivity index (χ2v) is 5.47. The molecule has 1 amide bonds. The Morgan fingerprint density at radius 1 is 1.32 bits per heavy atom. The van der Waals surface area contributed by atoms with Crippen LogP contribution in [0.5, 0.6) is 0 Å². The monoisotopic (exact) mass is 260 g/mol. The van der Waals surface area contributed by atoms with Crippen LogP contribution in [0.4, 0.5) is 5.69 Å². The number of nitrogens with zero attached hydrogens (tertiary/aromatic N) is 1. The molecular weight excluding hydrogens is 236 g/mol. The first-order chi connectivity index (χ1) is 9.22. The van der Waals surface area contributed by atoms with Gasteiger partial charge in [0.15, 0.2) is 0 Å². The smallest absolute Gasteiger partial charge is 0.226 e. The van der Waals surface area contributed by atoms with E-state index < -0.39 is 0 Å². The summed E-state index contributed by atoms with van der Waals surface area (Å²) in [7, 11) is 1.85. The van der Waals surface area contributed by atoms with Gasteiger partial charge in [0, 0.05) is 25.7 Å². The molecule has 0 saturated heterocycles. The molecule has 1 aromatic rings. The Balaban J connectivity index is 1.94. The molecule has 0 atom stereocenters. The molecule has 19 heavy (non-hydrogen) atoms. The number of carbonyl (C=O) groups excluding carboxylic acids is 1. The minimum absolute atomic E-state index is 0.202. The lowest BCUT2D eigenvalue weighted by molar-refractivity contribution is -0.118. The maximum atomic E-state index is 12.3. The summed E-state index contributed by atoms with van der Waals surface area (Å²) in [5, 5.41) is 0. The molecule has 0 spiro atoms. The summed E-state index contributed by atoms with van der Waals surface area (Å²) in [6, 6.07) is 7.86. The van der Waals surface area contributed by atoms with Crippen LogP contribution in [0.3, 0.4) is 0 Å². The van der Waals surface area contributed by atoms with E-state index in [1.54, 1.807) is 4.90 Å². The van der Waals surface area contributed by atoms with Crippen LogP contribution in [0.15, 0.2) is 24.3 Å². The largest absolute Gasteiger partial charge is 0.326 e. The van der Waals surface area contributed by atoms with E-state index in [0.717, 1.165) is 23.6 Å². The summed E-state index contributed by atoms with van der Waals surface area (Å²) in [6.45, 7) is 0.469. The van der Waals surface area contributed by atoms with Crippen molar-refractivity contribution in [2.24, 2.45) is 11.7 Å². The number of hydrogen-bond acceptors (Lipinski definition) is 2. The number of rotatable bonds is 5. The topological polar surface area (TPSA) is 46.3 Å². The number of nitrogens with two attached hydrogens (primary N) is 1. The van der Waals surface area contributed by atoms with Gasteiger partial charge in [0.05, 0.1) is 0 Å². The van der Waals surface area contributed by atoms with Gasteiger partial charge in [-0.2, -0.15) is 0 Å². The van der Waals surface area contributed by atoms with Gasteiger partial charge in [-0.25, -0.2) is 0 Å². The quantitative estimate of drug-likeness (QED) is 0.884. The molecule has 0 heterocycles. The van der Waals surface area contributed by atoms with Crippen molar-refractivity contribution in [2.75, 3.05) is 11.9 Å². The summed E-state index contributed by atoms with van der Waals surface area (Å²) in [5.74, 6) is 0.968. The third-order valence-electron chi connectivity index (χ3n) is 4.19. The first kappa shape index (κ1) is 14.1. The number of benzene rings is 1. The Morgan fingerprint density at radius 2 is 2.00 bits per heavy atom. The predicted octanol–water partition coefficient (Wildman–Crippen LogP) is 3.08. The van der Waals surface area contributed by atoms with Crippen LogP contribution >= 0.6 is 0 Å². The zero-order valence-electron chi connectivity index (χ0n) is 11.8. The van der Waals surface area contributed by atoms with Crippen molar-refractivity contribution < 1.29 is 4.79 Å². The lowest BCUT2D eigenvalue weighted by Crippen LogP contribution is -2.27. The molecule has 0 aromatic heterocycles. The molecule has 1 aliphatic carbocycles. The molecular formula is C16H24N2O. The van der Waals surface area contributed by atoms with Crippen LogP contribution in [-0.2, 0) is 11.3 Å². The fourth-order valence-corrected chi connectivity index (χ4v) is 2.94. The van der Waals surface area contributed by atoms with Crippen molar-refractivity contribution in [3.63, 3.8) is 0 Å². The number of amides is 1. The highest BCUT2D eigenvalue weighted by molar-refractivity contribution is 5.93. The highest BCUT2D eigenvalue weighted by atomic mass is 16.2. The zero-order valence-corrected chi connectivity index (χ0v) is 11.8. The molecule has 1 aliphatic rings. The van der Waals surface area contributed by atoms with Crippen LogP contribution in [0, 0.1) is 5.92 Å². The number of carbonyl (C=O) groups is 1. The lowest BCUT2D eigenvalue weighted by atomic mass is 10.0. The van der Waals surface area contributed by atoms with Crippen molar-refractivity contribution in [2.45, 2.75) is 45.1 Å². The number of hydrogen-bond donors (Lipinski definition) is 1. The van der Waals surface area contributed by atoms with Gasteiger partial charge in [-0.15, -0.1) is 0 Å². The molecule has 0 unspecified atom stereocenters. The molecule has 1 fully saturated rings. The van der Waals surface area contributed by atoms with E-state index in [0.29, 0.717) is 13.0 Å². The summed E-state index contributed by atoms with van der Waals surface area (Å²) in [4.78, 5) is 14.0. The second-order valence-electron chi connectivity index (χ2n) is 5.47. The fourth-order valence-electron chi connectivity index (χ4n) is 2.94. The summed E-state index contributed by atoms with van der Waals surface area (Å²) >= 11 is 0. The van der Waals surface area contributed by atoms with Gasteiger partial charge >= 0.3 is 0 Å². The molecule has 104 valence electrons. The predicted molar refractivity (Wildman–Crippen MR) is 78.9 cm³/mol. The maximum Gasteiger partial charge on any atom is 0.226 e. The van der Waals surface area contributed by atoms with E-state index in [9.17, 15) is 4.79 Å². The van der Waals surface area contributed by atoms with E-state index in [1.807, 2.05) is 31.3 Å². The summed E-state index contributed by atoms with van der Waals surface area (Å²) in [5.41, 5.74) is 7.70. The normalized spacial score (nSPS) is 15.7. The van der Waals surface area contributed by atoms with E-state index >= 15 is 0 Å². The van der Waals surface area contributed by atoms with Crippen molar-refractivity contribution in [3.8, 4) is 0 Å². The van der Waals surface area contributed by atoms with Gasteiger partial charge in [-0.1, -0.05) is 43.9 Å². The van der Waals surface area contributed by atoms with Crippen LogP contribution in [0.1, 0.15) is 44.1 Å². The molecule has 1 saturated carbocycles. The van der Waals surface area contributed by atoms with Gasteiger partial charge in [0.1, 0.15) is 0 Å². The maximum absolute atomic E-state index is 12.3. The Morgan fingerprint density at radius 3 is 2.68 bits per heavy atom. The highest BCUT2D eigenvalue weighted by Gasteiger charge is 2.18. The number of anilines is 1.